The summed E-state index contributed by atoms with van der Waals surface area (Å²) in [6.07, 6.45) is 0.604. The summed E-state index contributed by atoms with van der Waals surface area (Å²) in [5.74, 6) is -0.334. The zero-order valence-electron chi connectivity index (χ0n) is 19.2. The van der Waals surface area contributed by atoms with E-state index in [1.54, 1.807) is 0 Å². The summed E-state index contributed by atoms with van der Waals surface area (Å²) in [6.45, 7) is 0.178. The fraction of sp³-hybridized carbons (Fsp3) is 0.160. The van der Waals surface area contributed by atoms with Crippen LogP contribution in [0.5, 0.6) is 5.75 Å². The molecule has 1 aromatic heterocycles. The third kappa shape index (κ3) is 5.91. The third-order valence-corrected chi connectivity index (χ3v) is 7.91. The second-order valence-electron chi connectivity index (χ2n) is 7.73. The molecular formula is C25H24N4O4S2. The molecule has 10 heteroatoms. The third-order valence-electron chi connectivity index (χ3n) is 5.25. The van der Waals surface area contributed by atoms with Crippen molar-refractivity contribution in [3.05, 3.63) is 101 Å². The van der Waals surface area contributed by atoms with Crippen molar-refractivity contribution in [2.75, 3.05) is 19.5 Å². The molecule has 0 aliphatic carbocycles. The summed E-state index contributed by atoms with van der Waals surface area (Å²) in [7, 11) is -1.06. The first kappa shape index (κ1) is 24.5. The molecule has 35 heavy (non-hydrogen) atoms. The average molecular weight is 509 g/mol. The van der Waals surface area contributed by atoms with Crippen LogP contribution in [0.1, 0.15) is 26.5 Å². The van der Waals surface area contributed by atoms with Crippen molar-refractivity contribution in [3.8, 4) is 5.75 Å². The maximum Gasteiger partial charge on any atom is 0.257 e. The Balaban J connectivity index is 1.52. The molecule has 8 nitrogen and oxygen atoms in total. The van der Waals surface area contributed by atoms with Gasteiger partial charge in [-0.05, 0) is 29.3 Å². The zero-order valence-corrected chi connectivity index (χ0v) is 20.8. The second kappa shape index (κ2) is 10.8. The van der Waals surface area contributed by atoms with Crippen LogP contribution in [0.2, 0.25) is 0 Å². The molecule has 4 aromatic rings. The monoisotopic (exact) mass is 508 g/mol. The largest absolute Gasteiger partial charge is 0.495 e. The van der Waals surface area contributed by atoms with Gasteiger partial charge in [0.2, 0.25) is 15.2 Å². The number of nitrogens with one attached hydrogen (secondary N) is 1. The molecule has 3 aromatic carbocycles. The van der Waals surface area contributed by atoms with E-state index in [0.29, 0.717) is 11.6 Å². The van der Waals surface area contributed by atoms with E-state index in [2.05, 4.69) is 15.5 Å². The lowest BCUT2D eigenvalue weighted by molar-refractivity contribution is 0.102. The van der Waals surface area contributed by atoms with Crippen molar-refractivity contribution < 1.29 is 17.9 Å². The Labute approximate surface area is 208 Å². The van der Waals surface area contributed by atoms with Gasteiger partial charge in [0.1, 0.15) is 15.7 Å². The van der Waals surface area contributed by atoms with Crippen molar-refractivity contribution >= 4 is 32.4 Å². The topological polar surface area (TPSA) is 101 Å². The molecule has 0 aliphatic heterocycles. The van der Waals surface area contributed by atoms with Crippen molar-refractivity contribution in [1.29, 1.82) is 0 Å². The van der Waals surface area contributed by atoms with E-state index in [9.17, 15) is 13.2 Å². The summed E-state index contributed by atoms with van der Waals surface area (Å²) in [5, 5.41) is 12.0. The Morgan fingerprint density at radius 2 is 1.63 bits per heavy atom. The van der Waals surface area contributed by atoms with Crippen molar-refractivity contribution in [2.45, 2.75) is 17.9 Å². The van der Waals surface area contributed by atoms with Crippen LogP contribution >= 0.6 is 11.3 Å². The Bertz CT molecular complexity index is 1410. The highest BCUT2D eigenvalue weighted by atomic mass is 32.2. The van der Waals surface area contributed by atoms with E-state index < -0.39 is 15.9 Å². The Morgan fingerprint density at radius 3 is 2.29 bits per heavy atom. The number of carbonyl (C=O) groups is 1. The van der Waals surface area contributed by atoms with Gasteiger partial charge in [0.05, 0.1) is 7.11 Å². The van der Waals surface area contributed by atoms with Crippen molar-refractivity contribution in [1.82, 2.24) is 14.5 Å². The lowest BCUT2D eigenvalue weighted by atomic mass is 10.2. The number of ether oxygens (including phenoxy) is 1. The molecule has 0 saturated heterocycles. The first-order valence-electron chi connectivity index (χ1n) is 10.7. The van der Waals surface area contributed by atoms with Gasteiger partial charge in [-0.3, -0.25) is 10.1 Å². The molecule has 1 amide bonds. The number of hydrogen-bond acceptors (Lipinski definition) is 7. The van der Waals surface area contributed by atoms with Gasteiger partial charge in [0.15, 0.2) is 0 Å². The van der Waals surface area contributed by atoms with E-state index in [0.717, 1.165) is 16.1 Å². The highest BCUT2D eigenvalue weighted by Crippen LogP contribution is 2.29. The predicted molar refractivity (Wildman–Crippen MR) is 135 cm³/mol. The first-order valence-corrected chi connectivity index (χ1v) is 13.0. The van der Waals surface area contributed by atoms with Gasteiger partial charge in [-0.1, -0.05) is 72.0 Å². The molecule has 1 heterocycles. The van der Waals surface area contributed by atoms with Gasteiger partial charge < -0.3 is 4.74 Å². The fourth-order valence-electron chi connectivity index (χ4n) is 3.43. The maximum absolute atomic E-state index is 13.3. The molecular weight excluding hydrogens is 484 g/mol. The Morgan fingerprint density at radius 1 is 0.971 bits per heavy atom. The van der Waals surface area contributed by atoms with Gasteiger partial charge in [-0.15, -0.1) is 10.2 Å². The summed E-state index contributed by atoms with van der Waals surface area (Å²) >= 11 is 1.27. The summed E-state index contributed by atoms with van der Waals surface area (Å²) in [6, 6.07) is 23.4. The zero-order chi connectivity index (χ0) is 24.8. The van der Waals surface area contributed by atoms with E-state index in [1.165, 1.54) is 48.0 Å². The first-order chi connectivity index (χ1) is 16.9. The van der Waals surface area contributed by atoms with Crippen molar-refractivity contribution in [2.24, 2.45) is 0 Å². The van der Waals surface area contributed by atoms with Gasteiger partial charge in [-0.25, -0.2) is 8.42 Å². The van der Waals surface area contributed by atoms with Gasteiger partial charge in [0.25, 0.3) is 5.91 Å². The maximum atomic E-state index is 13.3. The summed E-state index contributed by atoms with van der Waals surface area (Å²) in [5.41, 5.74) is 2.09. The number of methoxy groups -OCH3 is 1. The summed E-state index contributed by atoms with van der Waals surface area (Å²) < 4.78 is 33.2. The lowest BCUT2D eigenvalue weighted by Crippen LogP contribution is -2.27. The number of aromatic nitrogens is 2. The van der Waals surface area contributed by atoms with Crippen LogP contribution < -0.4 is 10.1 Å². The smallest absolute Gasteiger partial charge is 0.257 e. The number of amides is 1. The normalized spacial score (nSPS) is 11.4. The quantitative estimate of drug-likeness (QED) is 0.363. The number of hydrogen-bond donors (Lipinski definition) is 1. The predicted octanol–water partition coefficient (Wildman–Crippen LogP) is 4.21. The van der Waals surface area contributed by atoms with Gasteiger partial charge in [-0.2, -0.15) is 4.31 Å². The minimum atomic E-state index is -3.94. The van der Waals surface area contributed by atoms with Crippen LogP contribution in [0, 0.1) is 0 Å². The molecule has 0 fully saturated rings. The lowest BCUT2D eigenvalue weighted by Gasteiger charge is -2.19. The number of anilines is 1. The molecule has 0 radical (unpaired) electrons. The van der Waals surface area contributed by atoms with Crippen LogP contribution in [0.15, 0.2) is 83.8 Å². The van der Waals surface area contributed by atoms with E-state index in [4.69, 9.17) is 4.74 Å². The van der Waals surface area contributed by atoms with Crippen LogP contribution in [-0.2, 0) is 23.0 Å². The standard InChI is InChI=1S/C25H24N4O4S2/c1-29(17-19-11-7-4-8-12-19)35(31,32)22-16-20(13-14-21(22)33-2)24(30)26-25-28-27-23(34-25)15-18-9-5-3-6-10-18/h3-14,16H,15,17H2,1-2H3,(H,26,28,30). The number of benzene rings is 3. The molecule has 180 valence electrons. The Kier molecular flexibility index (Phi) is 7.54. The number of sulfonamides is 1. The van der Waals surface area contributed by atoms with Gasteiger partial charge in [0, 0.05) is 25.6 Å². The minimum Gasteiger partial charge on any atom is -0.495 e. The van der Waals surface area contributed by atoms with Crippen LogP contribution in [0.3, 0.4) is 0 Å². The molecule has 0 aliphatic rings. The van der Waals surface area contributed by atoms with E-state index in [-0.39, 0.29) is 22.8 Å². The molecule has 0 unspecified atom stereocenters. The van der Waals surface area contributed by atoms with Gasteiger partial charge >= 0.3 is 0 Å². The van der Waals surface area contributed by atoms with Crippen LogP contribution in [0.4, 0.5) is 5.13 Å². The average Bonchev–Trinajstić information content (AvgIpc) is 3.31. The Hall–Kier alpha value is -3.60. The SMILES string of the molecule is COc1ccc(C(=O)Nc2nnc(Cc3ccccc3)s2)cc1S(=O)(=O)N(C)Cc1ccccc1. The molecule has 0 spiro atoms. The highest BCUT2D eigenvalue weighted by molar-refractivity contribution is 7.89. The number of nitrogens with zero attached hydrogens (tertiary/aromatic N) is 3. The van der Waals surface area contributed by atoms with E-state index in [1.807, 2.05) is 60.7 Å². The van der Waals surface area contributed by atoms with E-state index >= 15 is 0 Å². The molecule has 4 rings (SSSR count). The molecule has 0 bridgehead atoms. The molecule has 0 atom stereocenters. The second-order valence-corrected chi connectivity index (χ2v) is 10.8. The highest BCUT2D eigenvalue weighted by Gasteiger charge is 2.26. The fourth-order valence-corrected chi connectivity index (χ4v) is 5.53. The molecule has 1 N–H and O–H groups in total. The van der Waals surface area contributed by atoms with Crippen LogP contribution in [-0.4, -0.2) is 43.0 Å². The number of carbonyl (C=O) groups excluding carboxylic acids is 1. The van der Waals surface area contributed by atoms with Crippen LogP contribution in [0.25, 0.3) is 0 Å². The summed E-state index contributed by atoms with van der Waals surface area (Å²) in [4.78, 5) is 12.8. The minimum absolute atomic E-state index is 0.0897. The number of rotatable bonds is 9. The van der Waals surface area contributed by atoms with Crippen molar-refractivity contribution in [3.63, 3.8) is 0 Å². The molecule has 0 saturated carbocycles.